The number of likely N-dealkylation sites (N-methyl/N-ethyl adjacent to an activating group) is 1. The molecule has 2 heteroatoms. The minimum atomic E-state index is 0.229. The molecular weight excluding hydrogens is 198 g/mol. The van der Waals surface area contributed by atoms with Gasteiger partial charge in [-0.05, 0) is 44.0 Å². The second kappa shape index (κ2) is 6.02. The Balaban J connectivity index is 2.98. The molecule has 1 aromatic rings. The Labute approximate surface area is 99.0 Å². The summed E-state index contributed by atoms with van der Waals surface area (Å²) in [6.07, 6.45) is 1.24. The van der Waals surface area contributed by atoms with Crippen molar-refractivity contribution in [1.82, 2.24) is 5.32 Å². The van der Waals surface area contributed by atoms with Crippen LogP contribution in [0.25, 0.3) is 0 Å². The minimum Gasteiger partial charge on any atom is -0.379 e. The van der Waals surface area contributed by atoms with E-state index in [-0.39, 0.29) is 12.1 Å². The van der Waals surface area contributed by atoms with Gasteiger partial charge in [-0.15, -0.1) is 0 Å². The standard InChI is InChI=1S/C14H23NO/c1-6-13(16-5)14(15-4)12-8-7-10(2)11(3)9-12/h7-9,13-15H,6H2,1-5H3. The van der Waals surface area contributed by atoms with E-state index in [2.05, 4.69) is 44.3 Å². The molecule has 0 bridgehead atoms. The van der Waals surface area contributed by atoms with Gasteiger partial charge in [0, 0.05) is 7.11 Å². The Kier molecular flexibility index (Phi) is 4.97. The molecule has 90 valence electrons. The summed E-state index contributed by atoms with van der Waals surface area (Å²) in [5.41, 5.74) is 3.98. The molecule has 0 radical (unpaired) electrons. The predicted molar refractivity (Wildman–Crippen MR) is 68.8 cm³/mol. The summed E-state index contributed by atoms with van der Waals surface area (Å²) < 4.78 is 5.51. The molecule has 0 aliphatic heterocycles. The first-order chi connectivity index (χ1) is 7.63. The minimum absolute atomic E-state index is 0.229. The van der Waals surface area contributed by atoms with E-state index in [1.54, 1.807) is 7.11 Å². The fourth-order valence-corrected chi connectivity index (χ4v) is 2.06. The van der Waals surface area contributed by atoms with Crippen molar-refractivity contribution in [1.29, 1.82) is 0 Å². The molecule has 0 aliphatic carbocycles. The highest BCUT2D eigenvalue weighted by Gasteiger charge is 2.19. The van der Waals surface area contributed by atoms with Crippen molar-refractivity contribution in [3.05, 3.63) is 34.9 Å². The van der Waals surface area contributed by atoms with E-state index >= 15 is 0 Å². The lowest BCUT2D eigenvalue weighted by Gasteiger charge is -2.25. The molecule has 0 saturated carbocycles. The van der Waals surface area contributed by atoms with E-state index in [0.717, 1.165) is 6.42 Å². The molecular formula is C14H23NO. The lowest BCUT2D eigenvalue weighted by Crippen LogP contribution is -2.30. The van der Waals surface area contributed by atoms with Gasteiger partial charge in [0.1, 0.15) is 0 Å². The third kappa shape index (κ3) is 2.83. The highest BCUT2D eigenvalue weighted by atomic mass is 16.5. The van der Waals surface area contributed by atoms with Crippen LogP contribution in [0.15, 0.2) is 18.2 Å². The highest BCUT2D eigenvalue weighted by molar-refractivity contribution is 5.32. The molecule has 0 fully saturated rings. The number of methoxy groups -OCH3 is 1. The first-order valence-corrected chi connectivity index (χ1v) is 5.91. The monoisotopic (exact) mass is 221 g/mol. The largest absolute Gasteiger partial charge is 0.379 e. The zero-order valence-corrected chi connectivity index (χ0v) is 11.0. The van der Waals surface area contributed by atoms with Crippen LogP contribution in [0.2, 0.25) is 0 Å². The molecule has 1 aromatic carbocycles. The van der Waals surface area contributed by atoms with Crippen LogP contribution in [0.4, 0.5) is 0 Å². The van der Waals surface area contributed by atoms with E-state index in [4.69, 9.17) is 4.74 Å². The Morgan fingerprint density at radius 2 is 1.94 bits per heavy atom. The van der Waals surface area contributed by atoms with E-state index in [0.29, 0.717) is 0 Å². The van der Waals surface area contributed by atoms with Gasteiger partial charge in [-0.25, -0.2) is 0 Å². The zero-order valence-electron chi connectivity index (χ0n) is 11.0. The molecule has 1 N–H and O–H groups in total. The summed E-state index contributed by atoms with van der Waals surface area (Å²) in [6, 6.07) is 6.88. The van der Waals surface area contributed by atoms with E-state index in [1.165, 1.54) is 16.7 Å². The smallest absolute Gasteiger partial charge is 0.0763 e. The van der Waals surface area contributed by atoms with Gasteiger partial charge in [0.25, 0.3) is 0 Å². The molecule has 2 nitrogen and oxygen atoms in total. The molecule has 0 aromatic heterocycles. The number of aryl methyl sites for hydroxylation is 2. The average Bonchev–Trinajstić information content (AvgIpc) is 2.29. The molecule has 0 amide bonds. The Morgan fingerprint density at radius 1 is 1.25 bits per heavy atom. The van der Waals surface area contributed by atoms with Crippen molar-refractivity contribution < 1.29 is 4.74 Å². The molecule has 0 heterocycles. The molecule has 16 heavy (non-hydrogen) atoms. The second-order valence-corrected chi connectivity index (χ2v) is 4.29. The maximum Gasteiger partial charge on any atom is 0.0763 e. The van der Waals surface area contributed by atoms with Gasteiger partial charge < -0.3 is 10.1 Å². The lowest BCUT2D eigenvalue weighted by molar-refractivity contribution is 0.0675. The van der Waals surface area contributed by atoms with Gasteiger partial charge in [0.05, 0.1) is 12.1 Å². The quantitative estimate of drug-likeness (QED) is 0.825. The Hall–Kier alpha value is -0.860. The van der Waals surface area contributed by atoms with Gasteiger partial charge >= 0.3 is 0 Å². The topological polar surface area (TPSA) is 21.3 Å². The normalized spacial score (nSPS) is 14.8. The molecule has 2 unspecified atom stereocenters. The van der Waals surface area contributed by atoms with E-state index in [1.807, 2.05) is 7.05 Å². The first kappa shape index (κ1) is 13.2. The molecule has 2 atom stereocenters. The molecule has 0 spiro atoms. The highest BCUT2D eigenvalue weighted by Crippen LogP contribution is 2.22. The van der Waals surface area contributed by atoms with Gasteiger partial charge in [-0.3, -0.25) is 0 Å². The maximum absolute atomic E-state index is 5.51. The van der Waals surface area contributed by atoms with Gasteiger partial charge in [0.2, 0.25) is 0 Å². The van der Waals surface area contributed by atoms with Crippen molar-refractivity contribution >= 4 is 0 Å². The van der Waals surface area contributed by atoms with Crippen molar-refractivity contribution in [3.8, 4) is 0 Å². The van der Waals surface area contributed by atoms with Crippen molar-refractivity contribution in [2.45, 2.75) is 39.3 Å². The van der Waals surface area contributed by atoms with Crippen LogP contribution in [0.1, 0.15) is 36.1 Å². The summed E-state index contributed by atoms with van der Waals surface area (Å²) in [5, 5.41) is 3.34. The fourth-order valence-electron chi connectivity index (χ4n) is 2.06. The molecule has 1 rings (SSSR count). The summed E-state index contributed by atoms with van der Waals surface area (Å²) in [5.74, 6) is 0. The third-order valence-electron chi connectivity index (χ3n) is 3.28. The SMILES string of the molecule is CCC(OC)C(NC)c1ccc(C)c(C)c1. The summed E-state index contributed by atoms with van der Waals surface area (Å²) >= 11 is 0. The van der Waals surface area contributed by atoms with Crippen LogP contribution >= 0.6 is 0 Å². The van der Waals surface area contributed by atoms with Crippen molar-refractivity contribution in [3.63, 3.8) is 0 Å². The summed E-state index contributed by atoms with van der Waals surface area (Å²) in [7, 11) is 3.76. The second-order valence-electron chi connectivity index (χ2n) is 4.29. The maximum atomic E-state index is 5.51. The molecule has 0 saturated heterocycles. The van der Waals surface area contributed by atoms with Gasteiger partial charge in [-0.2, -0.15) is 0 Å². The number of hydrogen-bond acceptors (Lipinski definition) is 2. The number of nitrogens with one attached hydrogen (secondary N) is 1. The number of rotatable bonds is 5. The van der Waals surface area contributed by atoms with Crippen LogP contribution in [0.3, 0.4) is 0 Å². The predicted octanol–water partition coefficient (Wildman–Crippen LogP) is 2.99. The Bertz CT molecular complexity index is 332. The van der Waals surface area contributed by atoms with Crippen LogP contribution in [0, 0.1) is 13.8 Å². The number of hydrogen-bond donors (Lipinski definition) is 1. The van der Waals surface area contributed by atoms with E-state index < -0.39 is 0 Å². The number of ether oxygens (including phenoxy) is 1. The zero-order chi connectivity index (χ0) is 12.1. The Morgan fingerprint density at radius 3 is 2.38 bits per heavy atom. The third-order valence-corrected chi connectivity index (χ3v) is 3.28. The average molecular weight is 221 g/mol. The van der Waals surface area contributed by atoms with Crippen LogP contribution in [-0.2, 0) is 4.74 Å². The first-order valence-electron chi connectivity index (χ1n) is 5.91. The fraction of sp³-hybridized carbons (Fsp3) is 0.571. The van der Waals surface area contributed by atoms with Crippen LogP contribution in [-0.4, -0.2) is 20.3 Å². The van der Waals surface area contributed by atoms with Gasteiger partial charge in [-0.1, -0.05) is 25.1 Å². The number of benzene rings is 1. The molecule has 0 aliphatic rings. The summed E-state index contributed by atoms with van der Waals surface area (Å²) in [4.78, 5) is 0. The van der Waals surface area contributed by atoms with Crippen LogP contribution in [0.5, 0.6) is 0 Å². The van der Waals surface area contributed by atoms with Gasteiger partial charge in [0.15, 0.2) is 0 Å². The van der Waals surface area contributed by atoms with Crippen molar-refractivity contribution in [2.75, 3.05) is 14.2 Å². The van der Waals surface area contributed by atoms with E-state index in [9.17, 15) is 0 Å². The summed E-state index contributed by atoms with van der Waals surface area (Å²) in [6.45, 7) is 6.44. The van der Waals surface area contributed by atoms with Crippen molar-refractivity contribution in [2.24, 2.45) is 0 Å². The van der Waals surface area contributed by atoms with Crippen LogP contribution < -0.4 is 5.32 Å². The lowest BCUT2D eigenvalue weighted by atomic mass is 9.96.